The number of pyridine rings is 1. The second-order valence-corrected chi connectivity index (χ2v) is 15.0. The van der Waals surface area contributed by atoms with Gasteiger partial charge in [0, 0.05) is 53.3 Å². The zero-order valence-electron chi connectivity index (χ0n) is 27.8. The molecular formula is C35H43ClFN7O4. The van der Waals surface area contributed by atoms with Gasteiger partial charge in [-0.3, -0.25) is 15.0 Å². The number of hydrogen-bond donors (Lipinski definition) is 2. The minimum Gasteiger partial charge on any atom is -0.463 e. The molecule has 2 saturated heterocycles. The second kappa shape index (κ2) is 12.3. The quantitative estimate of drug-likeness (QED) is 0.261. The molecule has 2 aliphatic carbocycles. The highest BCUT2D eigenvalue weighted by molar-refractivity contribution is 6.32. The number of aromatic nitrogens is 5. The van der Waals surface area contributed by atoms with Crippen LogP contribution in [0.2, 0.25) is 5.02 Å². The van der Waals surface area contributed by atoms with Gasteiger partial charge in [0.2, 0.25) is 0 Å². The molecule has 13 heteroatoms. The van der Waals surface area contributed by atoms with Crippen molar-refractivity contribution in [2.24, 2.45) is 5.41 Å². The van der Waals surface area contributed by atoms with Gasteiger partial charge in [-0.15, -0.1) is 0 Å². The lowest BCUT2D eigenvalue weighted by molar-refractivity contribution is -0.0845. The molecule has 256 valence electrons. The van der Waals surface area contributed by atoms with Gasteiger partial charge in [-0.05, 0) is 70.5 Å². The monoisotopic (exact) mass is 679 g/mol. The summed E-state index contributed by atoms with van der Waals surface area (Å²) in [5.41, 5.74) is 1.03. The van der Waals surface area contributed by atoms with Crippen LogP contribution in [0.15, 0.2) is 18.5 Å². The first kappa shape index (κ1) is 32.1. The van der Waals surface area contributed by atoms with E-state index >= 15 is 4.39 Å². The van der Waals surface area contributed by atoms with E-state index in [9.17, 15) is 5.11 Å². The Bertz CT molecular complexity index is 1850. The highest BCUT2D eigenvalue weighted by Crippen LogP contribution is 2.50. The van der Waals surface area contributed by atoms with Gasteiger partial charge in [-0.2, -0.15) is 15.1 Å². The molecular weight excluding hydrogens is 637 g/mol. The summed E-state index contributed by atoms with van der Waals surface area (Å²) in [6.07, 6.45) is 11.4. The standard InChI is InChI=1S/C35H43ClFN7O4/c1-20-25(36)14-26-23(16-39-42-26)28(20)31-29(37)30-24(15-38-31)32(43-10-11-47-18-34(2,45)17-43)41-33(40-30)48-19-35-7-4-6-27(35)44(9-5-8-35)21-12-22(13-21)46-3/h14-16,21-22,27,45H,4-13,17-19H2,1-3H3,(H,39,42)/t21?,22?,27-,34+,35-/m1/s1. The van der Waals surface area contributed by atoms with E-state index in [1.54, 1.807) is 32.5 Å². The summed E-state index contributed by atoms with van der Waals surface area (Å²) < 4.78 is 34.8. The number of nitrogens with one attached hydrogen (secondary N) is 1. The first-order chi connectivity index (χ1) is 23.2. The lowest BCUT2D eigenvalue weighted by atomic mass is 9.73. The molecule has 48 heavy (non-hydrogen) atoms. The molecule has 4 aromatic rings. The Hall–Kier alpha value is -3.16. The zero-order chi connectivity index (χ0) is 33.2. The van der Waals surface area contributed by atoms with Crippen molar-refractivity contribution in [2.45, 2.75) is 82.6 Å². The SMILES string of the molecule is COC1CC(N2CCC[C@@]3(COc4nc(N5CCOC[C@@](C)(O)C5)c5cnc(-c6c(C)c(Cl)cc7[nH]ncc67)c(F)c5n4)CCC[C@@H]23)C1. The first-order valence-corrected chi connectivity index (χ1v) is 17.5. The molecule has 2 aliphatic heterocycles. The number of ether oxygens (including phenoxy) is 3. The Balaban J connectivity index is 1.19. The van der Waals surface area contributed by atoms with E-state index in [1.807, 2.05) is 11.8 Å². The number of hydrogen-bond acceptors (Lipinski definition) is 10. The first-order valence-electron chi connectivity index (χ1n) is 17.1. The van der Waals surface area contributed by atoms with E-state index in [4.69, 9.17) is 35.8 Å². The molecule has 0 radical (unpaired) electrons. The number of fused-ring (bicyclic) bond motifs is 3. The normalized spacial score (nSPS) is 29.6. The van der Waals surface area contributed by atoms with Crippen LogP contribution in [0.1, 0.15) is 57.4 Å². The van der Waals surface area contributed by atoms with E-state index in [0.29, 0.717) is 76.2 Å². The van der Waals surface area contributed by atoms with Gasteiger partial charge >= 0.3 is 6.01 Å². The average Bonchev–Trinajstić information content (AvgIpc) is 3.65. The molecule has 2 saturated carbocycles. The van der Waals surface area contributed by atoms with Gasteiger partial charge in [0.15, 0.2) is 5.82 Å². The summed E-state index contributed by atoms with van der Waals surface area (Å²) in [6.45, 7) is 6.42. The van der Waals surface area contributed by atoms with Crippen LogP contribution in [0.3, 0.4) is 0 Å². The Kier molecular flexibility index (Phi) is 8.23. The van der Waals surface area contributed by atoms with Crippen LogP contribution < -0.4 is 9.64 Å². The lowest BCUT2D eigenvalue weighted by Crippen LogP contribution is -2.59. The minimum atomic E-state index is -1.13. The third-order valence-corrected chi connectivity index (χ3v) is 11.7. The van der Waals surface area contributed by atoms with Crippen molar-refractivity contribution in [3.8, 4) is 17.3 Å². The van der Waals surface area contributed by atoms with E-state index < -0.39 is 11.4 Å². The number of piperidine rings is 1. The van der Waals surface area contributed by atoms with Crippen molar-refractivity contribution in [2.75, 3.05) is 51.5 Å². The largest absolute Gasteiger partial charge is 0.463 e. The molecule has 3 atom stereocenters. The number of nitrogens with zero attached hydrogens (tertiary/aromatic N) is 6. The van der Waals surface area contributed by atoms with Crippen LogP contribution in [-0.2, 0) is 9.47 Å². The molecule has 2 N–H and O–H groups in total. The third kappa shape index (κ3) is 5.49. The van der Waals surface area contributed by atoms with Crippen molar-refractivity contribution < 1.29 is 23.7 Å². The van der Waals surface area contributed by atoms with Crippen LogP contribution in [0.25, 0.3) is 33.1 Å². The minimum absolute atomic E-state index is 0.0122. The topological polar surface area (TPSA) is 122 Å². The summed E-state index contributed by atoms with van der Waals surface area (Å²) in [5.74, 6) is -0.133. The Morgan fingerprint density at radius 2 is 2.00 bits per heavy atom. The molecule has 5 heterocycles. The molecule has 8 rings (SSSR count). The second-order valence-electron chi connectivity index (χ2n) is 14.6. The summed E-state index contributed by atoms with van der Waals surface area (Å²) >= 11 is 6.58. The summed E-state index contributed by atoms with van der Waals surface area (Å²) in [4.78, 5) is 18.9. The van der Waals surface area contributed by atoms with Gasteiger partial charge in [-0.1, -0.05) is 18.0 Å². The fourth-order valence-corrected chi connectivity index (χ4v) is 8.94. The van der Waals surface area contributed by atoms with E-state index in [0.717, 1.165) is 51.5 Å². The fourth-order valence-electron chi connectivity index (χ4n) is 8.74. The highest BCUT2D eigenvalue weighted by atomic mass is 35.5. The van der Waals surface area contributed by atoms with Crippen LogP contribution in [-0.4, -0.2) is 106 Å². The number of aliphatic hydroxyl groups is 1. The molecule has 0 amide bonds. The molecule has 0 bridgehead atoms. The number of H-pyrrole nitrogens is 1. The molecule has 4 aliphatic rings. The molecule has 0 unspecified atom stereocenters. The maximum Gasteiger partial charge on any atom is 0.319 e. The number of benzene rings is 1. The van der Waals surface area contributed by atoms with Crippen molar-refractivity contribution in [3.05, 3.63) is 34.9 Å². The smallest absolute Gasteiger partial charge is 0.319 e. The van der Waals surface area contributed by atoms with Crippen LogP contribution >= 0.6 is 11.6 Å². The number of halogens is 2. The summed E-state index contributed by atoms with van der Waals surface area (Å²) in [6, 6.07) is 2.89. The molecule has 3 aromatic heterocycles. The number of rotatable bonds is 7. The summed E-state index contributed by atoms with van der Waals surface area (Å²) in [5, 5.41) is 19.8. The molecule has 11 nitrogen and oxygen atoms in total. The van der Waals surface area contributed by atoms with E-state index in [2.05, 4.69) is 20.1 Å². The van der Waals surface area contributed by atoms with Crippen molar-refractivity contribution in [3.63, 3.8) is 0 Å². The maximum absolute atomic E-state index is 16.9. The van der Waals surface area contributed by atoms with Gasteiger partial charge in [0.05, 0.1) is 49.6 Å². The number of β-amino-alcohol motifs (C(OH)–C–C–N with tert-alkyl or cyclic N) is 1. The lowest BCUT2D eigenvalue weighted by Gasteiger charge is -2.53. The fraction of sp³-hybridized carbons (Fsp3) is 0.600. The van der Waals surface area contributed by atoms with E-state index in [1.165, 1.54) is 0 Å². The van der Waals surface area contributed by atoms with Crippen molar-refractivity contribution >= 4 is 39.2 Å². The van der Waals surface area contributed by atoms with Gasteiger partial charge in [-0.25, -0.2) is 4.39 Å². The van der Waals surface area contributed by atoms with Crippen LogP contribution in [0, 0.1) is 18.2 Å². The number of methoxy groups -OCH3 is 1. The average molecular weight is 680 g/mol. The third-order valence-electron chi connectivity index (χ3n) is 11.3. The molecule has 1 aromatic carbocycles. The van der Waals surface area contributed by atoms with Gasteiger partial charge in [0.25, 0.3) is 0 Å². The Labute approximate surface area is 284 Å². The predicted molar refractivity (Wildman–Crippen MR) is 181 cm³/mol. The van der Waals surface area contributed by atoms with Crippen LogP contribution in [0.4, 0.5) is 10.2 Å². The van der Waals surface area contributed by atoms with Crippen molar-refractivity contribution in [1.82, 2.24) is 30.0 Å². The summed E-state index contributed by atoms with van der Waals surface area (Å²) in [7, 11) is 1.80. The predicted octanol–water partition coefficient (Wildman–Crippen LogP) is 5.45. The maximum atomic E-state index is 16.9. The zero-order valence-corrected chi connectivity index (χ0v) is 28.5. The number of likely N-dealkylation sites (tertiary alicyclic amines) is 1. The number of anilines is 1. The van der Waals surface area contributed by atoms with Crippen LogP contribution in [0.5, 0.6) is 6.01 Å². The van der Waals surface area contributed by atoms with Gasteiger partial charge in [0.1, 0.15) is 22.6 Å². The number of aromatic amines is 1. The molecule has 0 spiro atoms. The Morgan fingerprint density at radius 3 is 2.83 bits per heavy atom. The highest BCUT2D eigenvalue weighted by Gasteiger charge is 2.51. The van der Waals surface area contributed by atoms with E-state index in [-0.39, 0.29) is 35.8 Å². The molecule has 4 fully saturated rings. The Morgan fingerprint density at radius 1 is 1.17 bits per heavy atom. The van der Waals surface area contributed by atoms with Gasteiger partial charge < -0.3 is 24.2 Å². The van der Waals surface area contributed by atoms with Crippen molar-refractivity contribution in [1.29, 1.82) is 0 Å².